The molecule has 0 aliphatic heterocycles. The zero-order chi connectivity index (χ0) is 67.5. The van der Waals surface area contributed by atoms with E-state index >= 15 is 0 Å². The van der Waals surface area contributed by atoms with Gasteiger partial charge in [-0.25, -0.2) is 0 Å². The molecule has 0 bridgehead atoms. The van der Waals surface area contributed by atoms with E-state index in [0.29, 0.717) is 12.8 Å². The van der Waals surface area contributed by atoms with Gasteiger partial charge in [0.1, 0.15) is 6.61 Å². The number of ether oxygens (including phenoxy) is 2. The first-order valence-electron chi connectivity index (χ1n) is 37.9. The van der Waals surface area contributed by atoms with Crippen LogP contribution in [0, 0.1) is 0 Å². The highest BCUT2D eigenvalue weighted by atomic mass is 16.6. The SMILES string of the molecule is CC/C=C\C/C=C\C/C=C\C/C=C\C/C=C\C/C=C\C/C=C\C/C=C\C/C=C\C/C=C\C/C=C\CCCCCCCCCC(=O)OC(CO)COC(=O)CCCCCCCCCCCCCCCC/C=C\C/C=C\C/C=C\C/C=C\C/C=C\C/C=C\C/C=C\C/C=C\CC. The summed E-state index contributed by atoms with van der Waals surface area (Å²) >= 11 is 0. The molecule has 0 aromatic rings. The van der Waals surface area contributed by atoms with Crippen molar-refractivity contribution in [2.75, 3.05) is 13.2 Å². The molecule has 0 spiro atoms. The molecule has 0 amide bonds. The Morgan fingerprint density at radius 3 is 0.638 bits per heavy atom. The second-order valence-corrected chi connectivity index (χ2v) is 24.3. The Hall–Kier alpha value is -6.04. The van der Waals surface area contributed by atoms with E-state index in [0.717, 1.165) is 167 Å². The Labute approximate surface area is 579 Å². The summed E-state index contributed by atoms with van der Waals surface area (Å²) in [7, 11) is 0. The fourth-order valence-electron chi connectivity index (χ4n) is 9.87. The Kier molecular flexibility index (Phi) is 76.0. The molecule has 524 valence electrons. The monoisotopic (exact) mass is 1290 g/mol. The van der Waals surface area contributed by atoms with Crippen molar-refractivity contribution >= 4 is 11.9 Å². The lowest BCUT2D eigenvalue weighted by Gasteiger charge is -2.15. The predicted octanol–water partition coefficient (Wildman–Crippen LogP) is 27.2. The molecule has 0 aliphatic rings. The van der Waals surface area contributed by atoms with E-state index in [2.05, 4.69) is 245 Å². The van der Waals surface area contributed by atoms with E-state index in [1.54, 1.807) is 0 Å². The van der Waals surface area contributed by atoms with Crippen molar-refractivity contribution in [2.24, 2.45) is 0 Å². The normalized spacial score (nSPS) is 13.6. The average Bonchev–Trinajstić information content (AvgIpc) is 3.77. The minimum absolute atomic E-state index is 0.0831. The predicted molar refractivity (Wildman–Crippen MR) is 416 cm³/mol. The van der Waals surface area contributed by atoms with Crippen molar-refractivity contribution in [3.05, 3.63) is 231 Å². The van der Waals surface area contributed by atoms with E-state index in [4.69, 9.17) is 9.47 Å². The molecule has 0 saturated carbocycles. The van der Waals surface area contributed by atoms with Crippen LogP contribution >= 0.6 is 0 Å². The number of aliphatic hydroxyl groups is 1. The summed E-state index contributed by atoms with van der Waals surface area (Å²) in [6, 6.07) is 0. The third kappa shape index (κ3) is 78.4. The highest BCUT2D eigenvalue weighted by Crippen LogP contribution is 2.16. The maximum absolute atomic E-state index is 12.4. The molecule has 0 saturated heterocycles. The quantitative estimate of drug-likeness (QED) is 0.0373. The molecule has 0 radical (unpaired) electrons. The third-order valence-corrected chi connectivity index (χ3v) is 15.5. The fraction of sp³-hybridized carbons (Fsp3) is 0.551. The second kappa shape index (κ2) is 81.2. The summed E-state index contributed by atoms with van der Waals surface area (Å²) in [5, 5.41) is 9.72. The minimum atomic E-state index is -0.796. The number of hydrogen-bond acceptors (Lipinski definition) is 5. The van der Waals surface area contributed by atoms with Crippen LogP contribution in [0.15, 0.2) is 231 Å². The maximum atomic E-state index is 12.4. The zero-order valence-corrected chi connectivity index (χ0v) is 60.1. The van der Waals surface area contributed by atoms with Crippen LogP contribution in [0.1, 0.15) is 296 Å². The first-order valence-corrected chi connectivity index (χ1v) is 37.9. The van der Waals surface area contributed by atoms with Crippen LogP contribution in [0.4, 0.5) is 0 Å². The van der Waals surface area contributed by atoms with Crippen molar-refractivity contribution in [2.45, 2.75) is 302 Å². The van der Waals surface area contributed by atoms with Gasteiger partial charge in [0.25, 0.3) is 0 Å². The van der Waals surface area contributed by atoms with Crippen LogP contribution in [-0.2, 0) is 19.1 Å². The molecular weight excluding hydrogens is 1150 g/mol. The summed E-state index contributed by atoms with van der Waals surface area (Å²) in [4.78, 5) is 24.7. The van der Waals surface area contributed by atoms with E-state index in [9.17, 15) is 14.7 Å². The highest BCUT2D eigenvalue weighted by molar-refractivity contribution is 5.70. The van der Waals surface area contributed by atoms with Crippen molar-refractivity contribution in [1.29, 1.82) is 0 Å². The molecule has 0 aliphatic carbocycles. The van der Waals surface area contributed by atoms with Gasteiger partial charge in [-0.05, 0) is 161 Å². The second-order valence-electron chi connectivity index (χ2n) is 24.3. The van der Waals surface area contributed by atoms with Gasteiger partial charge >= 0.3 is 11.9 Å². The molecule has 5 nitrogen and oxygen atoms in total. The average molecular weight is 1290 g/mol. The lowest BCUT2D eigenvalue weighted by atomic mass is 10.0. The van der Waals surface area contributed by atoms with E-state index < -0.39 is 6.10 Å². The number of carbonyl (C=O) groups excluding carboxylic acids is 2. The number of allylic oxidation sites excluding steroid dienone is 38. The van der Waals surface area contributed by atoms with E-state index in [-0.39, 0.29) is 25.2 Å². The molecule has 0 rings (SSSR count). The van der Waals surface area contributed by atoms with Crippen molar-refractivity contribution in [1.82, 2.24) is 0 Å². The van der Waals surface area contributed by atoms with Crippen molar-refractivity contribution in [3.8, 4) is 0 Å². The molecular formula is C89H138O5. The van der Waals surface area contributed by atoms with E-state index in [1.165, 1.54) is 103 Å². The number of unbranched alkanes of at least 4 members (excludes halogenated alkanes) is 21. The van der Waals surface area contributed by atoms with Crippen LogP contribution in [-0.4, -0.2) is 36.4 Å². The van der Waals surface area contributed by atoms with E-state index in [1.807, 2.05) is 0 Å². The van der Waals surface area contributed by atoms with Crippen LogP contribution in [0.5, 0.6) is 0 Å². The third-order valence-electron chi connectivity index (χ3n) is 15.5. The Morgan fingerprint density at radius 2 is 0.426 bits per heavy atom. The standard InChI is InChI=1S/C89H138O5/c1-3-5-7-9-11-13-15-17-19-21-23-25-27-29-31-33-35-37-39-41-43-44-46-48-50-52-54-56-58-60-62-64-66-68-70-72-74-76-78-80-82-84-89(92)94-87(85-90)86-93-88(91)83-81-79-77-75-73-71-69-67-65-63-61-59-57-55-53-51-49-47-45-42-40-38-36-34-32-30-28-26-24-22-20-18-16-14-12-10-8-6-4-2/h5-8,11-14,17-20,23-26,29-32,35-38,41-43,45-46,48-49,51-52,54,58,60,64,66,87,90H,3-4,9-10,15-16,21-22,27-28,33-34,39-40,44,47,50,53,55-57,59,61-63,65,67-86H2,1-2H3/b7-5-,8-6-,13-11-,14-12-,19-17-,20-18-,25-23-,26-24-,31-29-,32-30-,37-35-,38-36-,43-41-,45-42-,48-46-,51-49-,54-52-,60-58-,66-64-. The van der Waals surface area contributed by atoms with Gasteiger partial charge in [-0.1, -0.05) is 354 Å². The number of carbonyl (C=O) groups is 2. The topological polar surface area (TPSA) is 72.8 Å². The number of aliphatic hydroxyl groups excluding tert-OH is 1. The van der Waals surface area contributed by atoms with Crippen LogP contribution in [0.25, 0.3) is 0 Å². The molecule has 1 atom stereocenters. The summed E-state index contributed by atoms with van der Waals surface area (Å²) in [6.07, 6.45) is 132. The highest BCUT2D eigenvalue weighted by Gasteiger charge is 2.16. The molecule has 1 N–H and O–H groups in total. The summed E-state index contributed by atoms with van der Waals surface area (Å²) in [5.74, 6) is -0.614. The van der Waals surface area contributed by atoms with Crippen LogP contribution in [0.3, 0.4) is 0 Å². The first-order chi connectivity index (χ1) is 46.6. The number of esters is 2. The first kappa shape index (κ1) is 88.0. The smallest absolute Gasteiger partial charge is 0.306 e. The molecule has 0 heterocycles. The lowest BCUT2D eigenvalue weighted by molar-refractivity contribution is -0.161. The van der Waals surface area contributed by atoms with Gasteiger partial charge in [-0.3, -0.25) is 9.59 Å². The minimum Gasteiger partial charge on any atom is -0.462 e. The number of hydrogen-bond donors (Lipinski definition) is 1. The largest absolute Gasteiger partial charge is 0.462 e. The zero-order valence-electron chi connectivity index (χ0n) is 60.1. The molecule has 0 fully saturated rings. The van der Waals surface area contributed by atoms with Gasteiger partial charge in [-0.15, -0.1) is 0 Å². The van der Waals surface area contributed by atoms with Gasteiger partial charge in [0, 0.05) is 12.8 Å². The van der Waals surface area contributed by atoms with Gasteiger partial charge < -0.3 is 14.6 Å². The lowest BCUT2D eigenvalue weighted by Crippen LogP contribution is -2.28. The Bertz CT molecular complexity index is 2250. The molecule has 0 aromatic carbocycles. The van der Waals surface area contributed by atoms with Crippen molar-refractivity contribution in [3.63, 3.8) is 0 Å². The van der Waals surface area contributed by atoms with Crippen molar-refractivity contribution < 1.29 is 24.2 Å². The molecule has 1 unspecified atom stereocenters. The Balaban J connectivity index is 3.60. The summed E-state index contributed by atoms with van der Waals surface area (Å²) in [6.45, 7) is 3.90. The van der Waals surface area contributed by atoms with Gasteiger partial charge in [0.05, 0.1) is 6.61 Å². The maximum Gasteiger partial charge on any atom is 0.306 e. The molecule has 5 heteroatoms. The van der Waals surface area contributed by atoms with Gasteiger partial charge in [-0.2, -0.15) is 0 Å². The van der Waals surface area contributed by atoms with Crippen LogP contribution < -0.4 is 0 Å². The van der Waals surface area contributed by atoms with Gasteiger partial charge in [0.15, 0.2) is 6.10 Å². The molecule has 0 aromatic heterocycles. The fourth-order valence-corrected chi connectivity index (χ4v) is 9.87. The Morgan fingerprint density at radius 1 is 0.245 bits per heavy atom. The number of rotatable bonds is 67. The van der Waals surface area contributed by atoms with Crippen LogP contribution in [0.2, 0.25) is 0 Å². The summed E-state index contributed by atoms with van der Waals surface area (Å²) < 4.78 is 10.8. The molecule has 94 heavy (non-hydrogen) atoms. The summed E-state index contributed by atoms with van der Waals surface area (Å²) in [5.41, 5.74) is 0. The van der Waals surface area contributed by atoms with Gasteiger partial charge in [0.2, 0.25) is 0 Å².